The first-order valence-electron chi connectivity index (χ1n) is 4.26. The van der Waals surface area contributed by atoms with Crippen LogP contribution in [0.2, 0.25) is 0 Å². The highest BCUT2D eigenvalue weighted by atomic mass is 19.1. The van der Waals surface area contributed by atoms with Crippen LogP contribution in [-0.4, -0.2) is 36.5 Å². The van der Waals surface area contributed by atoms with Crippen molar-refractivity contribution in [2.45, 2.75) is 0 Å². The van der Waals surface area contributed by atoms with Gasteiger partial charge in [-0.3, -0.25) is 0 Å². The highest BCUT2D eigenvalue weighted by molar-refractivity contribution is 5.11. The predicted molar refractivity (Wildman–Crippen MR) is 47.6 cm³/mol. The fraction of sp³-hybridized carbons (Fsp3) is 0.444. The maximum atomic E-state index is 12.6. The average molecular weight is 201 g/mol. The van der Waals surface area contributed by atoms with Crippen molar-refractivity contribution in [3.63, 3.8) is 0 Å². The Morgan fingerprint density at radius 1 is 1.36 bits per heavy atom. The number of halogens is 1. The summed E-state index contributed by atoms with van der Waals surface area (Å²) in [5, 5.41) is 8.39. The summed E-state index contributed by atoms with van der Waals surface area (Å²) in [6.07, 6.45) is 1.33. The van der Waals surface area contributed by atoms with E-state index in [9.17, 15) is 4.39 Å². The first kappa shape index (κ1) is 10.9. The molecule has 0 saturated heterocycles. The van der Waals surface area contributed by atoms with Gasteiger partial charge in [-0.1, -0.05) is 0 Å². The second kappa shape index (κ2) is 6.28. The van der Waals surface area contributed by atoms with Crippen LogP contribution in [-0.2, 0) is 4.74 Å². The van der Waals surface area contributed by atoms with Crippen molar-refractivity contribution in [2.75, 3.05) is 26.4 Å². The molecule has 0 amide bonds. The maximum Gasteiger partial charge on any atom is 0.216 e. The van der Waals surface area contributed by atoms with E-state index in [1.165, 1.54) is 18.3 Å². The number of aromatic nitrogens is 1. The number of aliphatic hydroxyl groups is 1. The number of aliphatic hydroxyl groups excluding tert-OH is 1. The van der Waals surface area contributed by atoms with Gasteiger partial charge >= 0.3 is 0 Å². The van der Waals surface area contributed by atoms with Crippen LogP contribution < -0.4 is 4.74 Å². The van der Waals surface area contributed by atoms with Gasteiger partial charge in [0, 0.05) is 12.3 Å². The molecule has 4 nitrogen and oxygen atoms in total. The quantitative estimate of drug-likeness (QED) is 0.685. The molecule has 1 rings (SSSR count). The topological polar surface area (TPSA) is 51.6 Å². The lowest BCUT2D eigenvalue weighted by Crippen LogP contribution is -2.09. The molecule has 1 heterocycles. The Hall–Kier alpha value is -1.20. The Balaban J connectivity index is 2.18. The molecule has 0 atom stereocenters. The molecule has 1 N–H and O–H groups in total. The molecule has 14 heavy (non-hydrogen) atoms. The predicted octanol–water partition coefficient (Wildman–Crippen LogP) is 0.608. The lowest BCUT2D eigenvalue weighted by atomic mass is 10.5. The van der Waals surface area contributed by atoms with Gasteiger partial charge in [-0.15, -0.1) is 0 Å². The van der Waals surface area contributed by atoms with Gasteiger partial charge in [0.2, 0.25) is 5.88 Å². The van der Waals surface area contributed by atoms with E-state index in [-0.39, 0.29) is 31.5 Å². The number of pyridine rings is 1. The van der Waals surface area contributed by atoms with Gasteiger partial charge in [0.25, 0.3) is 0 Å². The number of hydrogen-bond acceptors (Lipinski definition) is 4. The summed E-state index contributed by atoms with van der Waals surface area (Å²) in [5.74, 6) is -0.149. The summed E-state index contributed by atoms with van der Waals surface area (Å²) < 4.78 is 22.6. The van der Waals surface area contributed by atoms with Gasteiger partial charge in [-0.25, -0.2) is 9.37 Å². The third kappa shape index (κ3) is 4.15. The lowest BCUT2D eigenvalue weighted by molar-refractivity contribution is 0.0694. The van der Waals surface area contributed by atoms with E-state index in [0.717, 1.165) is 0 Å². The monoisotopic (exact) mass is 201 g/mol. The van der Waals surface area contributed by atoms with Crippen LogP contribution in [0.25, 0.3) is 0 Å². The van der Waals surface area contributed by atoms with E-state index < -0.39 is 0 Å². The van der Waals surface area contributed by atoms with Gasteiger partial charge < -0.3 is 14.6 Å². The first-order valence-corrected chi connectivity index (χ1v) is 4.26. The zero-order valence-electron chi connectivity index (χ0n) is 7.65. The number of rotatable bonds is 6. The first-order chi connectivity index (χ1) is 6.83. The van der Waals surface area contributed by atoms with Crippen LogP contribution in [0.1, 0.15) is 0 Å². The Labute approximate surface area is 81.3 Å². The molecule has 0 aliphatic carbocycles. The molecule has 0 bridgehead atoms. The van der Waals surface area contributed by atoms with E-state index in [1.807, 2.05) is 0 Å². The molecule has 0 radical (unpaired) electrons. The summed E-state index contributed by atoms with van der Waals surface area (Å²) in [5.41, 5.74) is 0. The van der Waals surface area contributed by atoms with Crippen molar-refractivity contribution >= 4 is 0 Å². The Morgan fingerprint density at radius 2 is 2.21 bits per heavy atom. The standard InChI is InChI=1S/C9H12FNO3/c10-8-1-2-11-9(7-8)14-6-5-13-4-3-12/h1-2,7,12H,3-6H2. The third-order valence-corrected chi connectivity index (χ3v) is 1.41. The van der Waals surface area contributed by atoms with Crippen molar-refractivity contribution in [3.05, 3.63) is 24.1 Å². The summed E-state index contributed by atoms with van der Waals surface area (Å²) in [7, 11) is 0. The normalized spacial score (nSPS) is 10.1. The number of nitrogens with zero attached hydrogens (tertiary/aromatic N) is 1. The molecule has 0 aliphatic heterocycles. The van der Waals surface area contributed by atoms with Crippen LogP contribution >= 0.6 is 0 Å². The summed E-state index contributed by atoms with van der Waals surface area (Å²) in [6, 6.07) is 2.45. The van der Waals surface area contributed by atoms with Gasteiger partial charge in [0.1, 0.15) is 12.4 Å². The number of hydrogen-bond donors (Lipinski definition) is 1. The fourth-order valence-electron chi connectivity index (χ4n) is 0.836. The second-order valence-corrected chi connectivity index (χ2v) is 2.50. The van der Waals surface area contributed by atoms with Crippen molar-refractivity contribution in [3.8, 4) is 5.88 Å². The smallest absolute Gasteiger partial charge is 0.216 e. The minimum Gasteiger partial charge on any atom is -0.475 e. The molecule has 0 spiro atoms. The van der Waals surface area contributed by atoms with E-state index >= 15 is 0 Å². The molecule has 78 valence electrons. The second-order valence-electron chi connectivity index (χ2n) is 2.50. The molecule has 0 unspecified atom stereocenters. The summed E-state index contributed by atoms with van der Waals surface area (Å²) in [4.78, 5) is 3.79. The van der Waals surface area contributed by atoms with Crippen molar-refractivity contribution in [1.82, 2.24) is 4.98 Å². The van der Waals surface area contributed by atoms with Gasteiger partial charge in [0.05, 0.1) is 19.8 Å². The van der Waals surface area contributed by atoms with Crippen LogP contribution in [0, 0.1) is 5.82 Å². The van der Waals surface area contributed by atoms with Gasteiger partial charge in [-0.2, -0.15) is 0 Å². The van der Waals surface area contributed by atoms with E-state index in [1.54, 1.807) is 0 Å². The molecule has 5 heteroatoms. The van der Waals surface area contributed by atoms with Crippen molar-refractivity contribution in [2.24, 2.45) is 0 Å². The molecule has 0 aromatic carbocycles. The largest absolute Gasteiger partial charge is 0.475 e. The lowest BCUT2D eigenvalue weighted by Gasteiger charge is -2.04. The minimum absolute atomic E-state index is 0.0157. The van der Waals surface area contributed by atoms with Crippen molar-refractivity contribution < 1.29 is 19.0 Å². The molecular formula is C9H12FNO3. The molecule has 1 aromatic heterocycles. The van der Waals surface area contributed by atoms with Gasteiger partial charge in [0.15, 0.2) is 0 Å². The molecule has 0 saturated carbocycles. The Kier molecular flexibility index (Phi) is 4.88. The minimum atomic E-state index is -0.383. The molecule has 0 fully saturated rings. The summed E-state index contributed by atoms with van der Waals surface area (Å²) >= 11 is 0. The molecular weight excluding hydrogens is 189 g/mol. The van der Waals surface area contributed by atoms with Crippen LogP contribution in [0.5, 0.6) is 5.88 Å². The third-order valence-electron chi connectivity index (χ3n) is 1.41. The highest BCUT2D eigenvalue weighted by Gasteiger charge is 1.96. The fourth-order valence-corrected chi connectivity index (χ4v) is 0.836. The molecule has 1 aromatic rings. The number of ether oxygens (including phenoxy) is 2. The SMILES string of the molecule is OCCOCCOc1cc(F)ccn1. The zero-order valence-corrected chi connectivity index (χ0v) is 7.65. The van der Waals surface area contributed by atoms with Crippen LogP contribution in [0.3, 0.4) is 0 Å². The highest BCUT2D eigenvalue weighted by Crippen LogP contribution is 2.06. The Morgan fingerprint density at radius 3 is 2.93 bits per heavy atom. The van der Waals surface area contributed by atoms with Crippen LogP contribution in [0.15, 0.2) is 18.3 Å². The zero-order chi connectivity index (χ0) is 10.2. The summed E-state index contributed by atoms with van der Waals surface area (Å²) in [6.45, 7) is 0.896. The van der Waals surface area contributed by atoms with E-state index in [4.69, 9.17) is 14.6 Å². The van der Waals surface area contributed by atoms with Gasteiger partial charge in [-0.05, 0) is 6.07 Å². The average Bonchev–Trinajstić information content (AvgIpc) is 2.18. The molecule has 0 aliphatic rings. The van der Waals surface area contributed by atoms with Crippen molar-refractivity contribution in [1.29, 1.82) is 0 Å². The van der Waals surface area contributed by atoms with Crippen LogP contribution in [0.4, 0.5) is 4.39 Å². The Bertz CT molecular complexity index is 270. The maximum absolute atomic E-state index is 12.6. The van der Waals surface area contributed by atoms with E-state index in [2.05, 4.69) is 4.98 Å². The van der Waals surface area contributed by atoms with E-state index in [0.29, 0.717) is 6.61 Å².